The SMILES string of the molecule is N=C(N)NCCCCNC(=O)[C@H](Cc1ccc(-c2ccccc2)cc1)NC(=O)[C@H](Cc1ccc(NC(=N)N)cc1)NC(=O)[C@@H](N)Cc1ccc(-c2ccccc2)cc1. The summed E-state index contributed by atoms with van der Waals surface area (Å²) in [5, 5.41) is 29.1. The van der Waals surface area contributed by atoms with Gasteiger partial charge in [-0.2, -0.15) is 0 Å². The van der Waals surface area contributed by atoms with E-state index >= 15 is 0 Å². The van der Waals surface area contributed by atoms with Gasteiger partial charge in [-0.3, -0.25) is 25.2 Å². The Morgan fingerprint density at radius 3 is 1.38 bits per heavy atom. The van der Waals surface area contributed by atoms with Gasteiger partial charge >= 0.3 is 0 Å². The average Bonchev–Trinajstić information content (AvgIpc) is 3.23. The zero-order valence-corrected chi connectivity index (χ0v) is 32.3. The summed E-state index contributed by atoms with van der Waals surface area (Å²) in [6, 6.07) is 39.5. The van der Waals surface area contributed by atoms with Gasteiger partial charge in [-0.15, -0.1) is 0 Å². The fourth-order valence-electron chi connectivity index (χ4n) is 6.40. The summed E-state index contributed by atoms with van der Waals surface area (Å²) in [6.07, 6.45) is 1.83. The van der Waals surface area contributed by atoms with Crippen LogP contribution in [0.1, 0.15) is 29.5 Å². The number of anilines is 1. The van der Waals surface area contributed by atoms with E-state index in [1.807, 2.05) is 109 Å². The number of carbonyl (C=O) groups is 3. The first kappa shape index (κ1) is 42.2. The molecule has 0 spiro atoms. The van der Waals surface area contributed by atoms with Gasteiger partial charge < -0.3 is 43.8 Å². The number of hydrogen-bond acceptors (Lipinski definition) is 6. The van der Waals surface area contributed by atoms with Gasteiger partial charge in [-0.25, -0.2) is 0 Å². The summed E-state index contributed by atoms with van der Waals surface area (Å²) in [5.41, 5.74) is 24.5. The van der Waals surface area contributed by atoms with E-state index in [2.05, 4.69) is 26.6 Å². The molecule has 0 unspecified atom stereocenters. The van der Waals surface area contributed by atoms with E-state index in [4.69, 9.17) is 28.0 Å². The van der Waals surface area contributed by atoms with Crippen molar-refractivity contribution in [3.8, 4) is 22.3 Å². The zero-order chi connectivity index (χ0) is 41.3. The molecule has 0 heterocycles. The first-order valence-corrected chi connectivity index (χ1v) is 19.2. The highest BCUT2D eigenvalue weighted by Crippen LogP contribution is 2.21. The molecule has 0 saturated carbocycles. The van der Waals surface area contributed by atoms with Crippen LogP contribution in [0.15, 0.2) is 133 Å². The normalized spacial score (nSPS) is 12.3. The third kappa shape index (κ3) is 13.3. The largest absolute Gasteiger partial charge is 0.370 e. The fraction of sp³-hybridized carbons (Fsp3) is 0.222. The average molecular weight is 781 g/mol. The molecule has 13 nitrogen and oxygen atoms in total. The monoisotopic (exact) mass is 780 g/mol. The second kappa shape index (κ2) is 21.3. The van der Waals surface area contributed by atoms with Gasteiger partial charge in [0.1, 0.15) is 12.1 Å². The van der Waals surface area contributed by atoms with Crippen LogP contribution >= 0.6 is 0 Å². The van der Waals surface area contributed by atoms with Gasteiger partial charge in [0.25, 0.3) is 0 Å². The first-order valence-electron chi connectivity index (χ1n) is 19.2. The maximum atomic E-state index is 14.2. The number of carbonyl (C=O) groups excluding carboxylic acids is 3. The van der Waals surface area contributed by atoms with E-state index in [0.717, 1.165) is 38.9 Å². The smallest absolute Gasteiger partial charge is 0.243 e. The molecular formula is C45H52N10O3. The highest BCUT2D eigenvalue weighted by atomic mass is 16.2. The van der Waals surface area contributed by atoms with Crippen LogP contribution in [0.5, 0.6) is 0 Å². The zero-order valence-electron chi connectivity index (χ0n) is 32.3. The van der Waals surface area contributed by atoms with E-state index in [0.29, 0.717) is 31.6 Å². The molecule has 0 saturated heterocycles. The summed E-state index contributed by atoms with van der Waals surface area (Å²) < 4.78 is 0. The van der Waals surface area contributed by atoms with Gasteiger partial charge in [-0.05, 0) is 70.3 Å². The van der Waals surface area contributed by atoms with Crippen LogP contribution < -0.4 is 43.8 Å². The fourth-order valence-corrected chi connectivity index (χ4v) is 6.40. The van der Waals surface area contributed by atoms with Crippen molar-refractivity contribution in [2.24, 2.45) is 17.2 Å². The third-order valence-electron chi connectivity index (χ3n) is 9.51. The van der Waals surface area contributed by atoms with E-state index in [9.17, 15) is 14.4 Å². The van der Waals surface area contributed by atoms with Crippen LogP contribution in [0.2, 0.25) is 0 Å². The Morgan fingerprint density at radius 1 is 0.483 bits per heavy atom. The number of nitrogens with one attached hydrogen (secondary N) is 7. The van der Waals surface area contributed by atoms with Crippen molar-refractivity contribution in [1.29, 1.82) is 10.8 Å². The molecule has 0 aliphatic heterocycles. The quantitative estimate of drug-likeness (QED) is 0.0333. The van der Waals surface area contributed by atoms with Crippen LogP contribution in [-0.2, 0) is 33.6 Å². The van der Waals surface area contributed by atoms with Gasteiger partial charge in [0, 0.05) is 31.6 Å². The molecule has 0 fully saturated rings. The van der Waals surface area contributed by atoms with E-state index in [1.165, 1.54) is 0 Å². The molecule has 0 aliphatic rings. The van der Waals surface area contributed by atoms with Crippen LogP contribution in [0, 0.1) is 10.8 Å². The molecule has 13 heteroatoms. The first-order chi connectivity index (χ1) is 28.0. The molecule has 3 amide bonds. The molecule has 58 heavy (non-hydrogen) atoms. The van der Waals surface area contributed by atoms with Crippen LogP contribution in [-0.4, -0.2) is 60.9 Å². The lowest BCUT2D eigenvalue weighted by atomic mass is 9.99. The molecule has 0 bridgehead atoms. The van der Waals surface area contributed by atoms with E-state index < -0.39 is 29.9 Å². The maximum Gasteiger partial charge on any atom is 0.243 e. The standard InChI is InChI=1S/C45H52N10O3/c46-38(27-30-13-19-35(20-14-30)33-9-3-1-4-10-33)41(56)54-40(29-32-17-23-37(24-18-32)53-45(49)50)43(58)55-39(42(57)51-25-7-8-26-52-44(47)48)28-31-15-21-36(22-16-31)34-11-5-2-6-12-34/h1-6,9-24,38-40H,7-8,25-29,46H2,(H,51,57)(H,54,56)(H,55,58)(H4,47,48,52)(H4,49,50,53)/t38-,39-,40-/m0/s1. The number of benzene rings is 5. The van der Waals surface area contributed by atoms with Gasteiger partial charge in [0.2, 0.25) is 17.7 Å². The lowest BCUT2D eigenvalue weighted by Crippen LogP contribution is -2.57. The van der Waals surface area contributed by atoms with Gasteiger partial charge in [0.15, 0.2) is 11.9 Å². The van der Waals surface area contributed by atoms with Crippen LogP contribution in [0.4, 0.5) is 5.69 Å². The van der Waals surface area contributed by atoms with Crippen molar-refractivity contribution in [3.63, 3.8) is 0 Å². The molecule has 5 aromatic rings. The Hall–Kier alpha value is -6.99. The minimum Gasteiger partial charge on any atom is -0.370 e. The second-order valence-electron chi connectivity index (χ2n) is 14.0. The third-order valence-corrected chi connectivity index (χ3v) is 9.51. The molecule has 0 aliphatic carbocycles. The Balaban J connectivity index is 1.32. The van der Waals surface area contributed by atoms with Crippen LogP contribution in [0.25, 0.3) is 22.3 Å². The second-order valence-corrected chi connectivity index (χ2v) is 14.0. The van der Waals surface area contributed by atoms with Crippen molar-refractivity contribution >= 4 is 35.3 Å². The lowest BCUT2D eigenvalue weighted by Gasteiger charge is -2.25. The molecule has 13 N–H and O–H groups in total. The molecule has 5 rings (SSSR count). The van der Waals surface area contributed by atoms with E-state index in [1.54, 1.807) is 24.3 Å². The number of guanidine groups is 2. The Labute approximate surface area is 339 Å². The summed E-state index contributed by atoms with van der Waals surface area (Å²) in [7, 11) is 0. The van der Waals surface area contributed by atoms with Crippen molar-refractivity contribution in [2.45, 2.75) is 50.2 Å². The van der Waals surface area contributed by atoms with Crippen LogP contribution in [0.3, 0.4) is 0 Å². The van der Waals surface area contributed by atoms with Gasteiger partial charge in [0.05, 0.1) is 6.04 Å². The van der Waals surface area contributed by atoms with Gasteiger partial charge in [-0.1, -0.05) is 121 Å². The highest BCUT2D eigenvalue weighted by molar-refractivity contribution is 5.93. The number of unbranched alkanes of at least 4 members (excludes halogenated alkanes) is 1. The Kier molecular flexibility index (Phi) is 15.5. The predicted molar refractivity (Wildman–Crippen MR) is 231 cm³/mol. The lowest BCUT2D eigenvalue weighted by molar-refractivity contribution is -0.132. The van der Waals surface area contributed by atoms with E-state index in [-0.39, 0.29) is 37.1 Å². The minimum absolute atomic E-state index is 0.0969. The number of hydrogen-bond donors (Lipinski definition) is 10. The Bertz CT molecular complexity index is 2110. The molecule has 0 radical (unpaired) electrons. The summed E-state index contributed by atoms with van der Waals surface area (Å²) in [5.74, 6) is -1.77. The summed E-state index contributed by atoms with van der Waals surface area (Å²) >= 11 is 0. The van der Waals surface area contributed by atoms with Crippen molar-refractivity contribution in [2.75, 3.05) is 18.4 Å². The van der Waals surface area contributed by atoms with Crippen molar-refractivity contribution in [1.82, 2.24) is 21.3 Å². The Morgan fingerprint density at radius 2 is 0.897 bits per heavy atom. The molecule has 300 valence electrons. The molecule has 3 atom stereocenters. The number of amides is 3. The molecule has 5 aromatic carbocycles. The predicted octanol–water partition coefficient (Wildman–Crippen LogP) is 4.03. The maximum absolute atomic E-state index is 14.2. The van der Waals surface area contributed by atoms with Crippen molar-refractivity contribution in [3.05, 3.63) is 150 Å². The highest BCUT2D eigenvalue weighted by Gasteiger charge is 2.29. The van der Waals surface area contributed by atoms with Crippen molar-refractivity contribution < 1.29 is 14.4 Å². The molecule has 0 aromatic heterocycles. The number of nitrogens with two attached hydrogens (primary N) is 3. The number of rotatable bonds is 19. The minimum atomic E-state index is -1.08. The molecular weight excluding hydrogens is 729 g/mol. The summed E-state index contributed by atoms with van der Waals surface area (Å²) in [6.45, 7) is 0.840. The summed E-state index contributed by atoms with van der Waals surface area (Å²) in [4.78, 5) is 41.6. The topological polar surface area (TPSA) is 237 Å².